The highest BCUT2D eigenvalue weighted by Gasteiger charge is 2.31. The van der Waals surface area contributed by atoms with E-state index in [0.29, 0.717) is 30.5 Å². The first kappa shape index (κ1) is 12.4. The Kier molecular flexibility index (Phi) is 3.69. The lowest BCUT2D eigenvalue weighted by Gasteiger charge is -2.36. The van der Waals surface area contributed by atoms with E-state index >= 15 is 0 Å². The quantitative estimate of drug-likeness (QED) is 0.754. The fourth-order valence-corrected chi connectivity index (χ4v) is 1.99. The Balaban J connectivity index is 2.12. The van der Waals surface area contributed by atoms with Gasteiger partial charge in [-0.05, 0) is 13.8 Å². The van der Waals surface area contributed by atoms with Crippen LogP contribution in [-0.2, 0) is 4.74 Å². The van der Waals surface area contributed by atoms with Crippen molar-refractivity contribution < 1.29 is 14.1 Å². The average molecular weight is 259 g/mol. The lowest BCUT2D eigenvalue weighted by Crippen LogP contribution is -2.51. The van der Waals surface area contributed by atoms with E-state index in [9.17, 15) is 4.79 Å². The van der Waals surface area contributed by atoms with Crippen LogP contribution in [0.2, 0.25) is 0 Å². The molecule has 5 nitrogen and oxygen atoms in total. The maximum absolute atomic E-state index is 12.2. The SMILES string of the molecule is Cc1cc(C(=O)N2CC(CCl)OCC2C)no1. The second-order valence-electron chi connectivity index (χ2n) is 4.24. The zero-order valence-electron chi connectivity index (χ0n) is 9.85. The van der Waals surface area contributed by atoms with Crippen molar-refractivity contribution in [2.75, 3.05) is 19.0 Å². The molecule has 1 amide bonds. The molecule has 6 heteroatoms. The minimum absolute atomic E-state index is 0.0268. The molecule has 1 aromatic rings. The number of aromatic nitrogens is 1. The van der Waals surface area contributed by atoms with E-state index in [-0.39, 0.29) is 18.1 Å². The Morgan fingerprint density at radius 3 is 3.06 bits per heavy atom. The molecule has 1 aliphatic rings. The Bertz CT molecular complexity index is 407. The number of rotatable bonds is 2. The van der Waals surface area contributed by atoms with Crippen LogP contribution in [0.25, 0.3) is 0 Å². The molecule has 1 aliphatic heterocycles. The summed E-state index contributed by atoms with van der Waals surface area (Å²) >= 11 is 5.75. The first-order chi connectivity index (χ1) is 8.11. The monoisotopic (exact) mass is 258 g/mol. The molecule has 1 saturated heterocycles. The largest absolute Gasteiger partial charge is 0.373 e. The summed E-state index contributed by atoms with van der Waals surface area (Å²) in [7, 11) is 0. The van der Waals surface area contributed by atoms with Crippen molar-refractivity contribution in [3.05, 3.63) is 17.5 Å². The third-order valence-corrected chi connectivity index (χ3v) is 3.13. The average Bonchev–Trinajstić information content (AvgIpc) is 2.76. The smallest absolute Gasteiger partial charge is 0.276 e. The molecule has 1 aromatic heterocycles. The lowest BCUT2D eigenvalue weighted by atomic mass is 10.2. The summed E-state index contributed by atoms with van der Waals surface area (Å²) in [4.78, 5) is 13.9. The van der Waals surface area contributed by atoms with E-state index in [1.807, 2.05) is 6.92 Å². The molecule has 17 heavy (non-hydrogen) atoms. The second kappa shape index (κ2) is 5.06. The van der Waals surface area contributed by atoms with Gasteiger partial charge in [0.2, 0.25) is 0 Å². The van der Waals surface area contributed by atoms with Gasteiger partial charge in [0.05, 0.1) is 24.6 Å². The summed E-state index contributed by atoms with van der Waals surface area (Å²) in [5.41, 5.74) is 0.338. The van der Waals surface area contributed by atoms with Gasteiger partial charge in [-0.3, -0.25) is 4.79 Å². The predicted molar refractivity (Wildman–Crippen MR) is 62.2 cm³/mol. The van der Waals surface area contributed by atoms with Crippen molar-refractivity contribution in [1.82, 2.24) is 10.1 Å². The summed E-state index contributed by atoms with van der Waals surface area (Å²) in [5.74, 6) is 0.880. The van der Waals surface area contributed by atoms with E-state index < -0.39 is 0 Å². The summed E-state index contributed by atoms with van der Waals surface area (Å²) < 4.78 is 10.4. The number of halogens is 1. The highest BCUT2D eigenvalue weighted by molar-refractivity contribution is 6.18. The Hall–Kier alpha value is -1.07. The molecule has 94 valence electrons. The first-order valence-corrected chi connectivity index (χ1v) is 6.07. The van der Waals surface area contributed by atoms with Gasteiger partial charge in [0.1, 0.15) is 5.76 Å². The molecule has 0 aromatic carbocycles. The zero-order chi connectivity index (χ0) is 12.4. The molecule has 0 spiro atoms. The number of aryl methyl sites for hydroxylation is 1. The van der Waals surface area contributed by atoms with Crippen LogP contribution in [0, 0.1) is 6.92 Å². The minimum Gasteiger partial charge on any atom is -0.373 e. The Morgan fingerprint density at radius 1 is 1.71 bits per heavy atom. The van der Waals surface area contributed by atoms with E-state index in [0.717, 1.165) is 0 Å². The molecule has 2 unspecified atom stereocenters. The zero-order valence-corrected chi connectivity index (χ0v) is 10.6. The fourth-order valence-electron chi connectivity index (χ4n) is 1.81. The van der Waals surface area contributed by atoms with E-state index in [4.69, 9.17) is 20.9 Å². The molecular formula is C11H15ClN2O3. The number of carbonyl (C=O) groups is 1. The molecule has 2 rings (SSSR count). The van der Waals surface area contributed by atoms with Gasteiger partial charge in [0, 0.05) is 12.6 Å². The number of nitrogens with zero attached hydrogens (tertiary/aromatic N) is 2. The number of hydrogen-bond donors (Lipinski definition) is 0. The molecule has 0 saturated carbocycles. The molecule has 0 radical (unpaired) electrons. The first-order valence-electron chi connectivity index (χ1n) is 5.53. The van der Waals surface area contributed by atoms with Crippen molar-refractivity contribution in [2.45, 2.75) is 26.0 Å². The lowest BCUT2D eigenvalue weighted by molar-refractivity contribution is -0.0374. The summed E-state index contributed by atoms with van der Waals surface area (Å²) in [5, 5.41) is 3.74. The summed E-state index contributed by atoms with van der Waals surface area (Å²) in [6.45, 7) is 4.69. The predicted octanol–water partition coefficient (Wildman–Crippen LogP) is 1.45. The maximum Gasteiger partial charge on any atom is 0.276 e. The van der Waals surface area contributed by atoms with Gasteiger partial charge in [-0.25, -0.2) is 0 Å². The maximum atomic E-state index is 12.2. The van der Waals surface area contributed by atoms with Crippen LogP contribution in [0.3, 0.4) is 0 Å². The minimum atomic E-state index is -0.132. The molecule has 0 N–H and O–H groups in total. The molecule has 2 atom stereocenters. The number of morpholine rings is 1. The second-order valence-corrected chi connectivity index (χ2v) is 4.55. The van der Waals surface area contributed by atoms with Gasteiger partial charge in [0.25, 0.3) is 5.91 Å². The molecular weight excluding hydrogens is 244 g/mol. The Labute approximate surface area is 105 Å². The van der Waals surface area contributed by atoms with Gasteiger partial charge in [-0.1, -0.05) is 5.16 Å². The van der Waals surface area contributed by atoms with Crippen LogP contribution in [-0.4, -0.2) is 47.1 Å². The number of alkyl halides is 1. The van der Waals surface area contributed by atoms with Crippen LogP contribution in [0.15, 0.2) is 10.6 Å². The van der Waals surface area contributed by atoms with Crippen LogP contribution in [0.5, 0.6) is 0 Å². The van der Waals surface area contributed by atoms with E-state index in [1.54, 1.807) is 17.9 Å². The van der Waals surface area contributed by atoms with Gasteiger partial charge in [-0.2, -0.15) is 0 Å². The number of amides is 1. The van der Waals surface area contributed by atoms with Crippen molar-refractivity contribution in [3.8, 4) is 0 Å². The Morgan fingerprint density at radius 2 is 2.47 bits per heavy atom. The third-order valence-electron chi connectivity index (χ3n) is 2.79. The van der Waals surface area contributed by atoms with Crippen LogP contribution in [0.1, 0.15) is 23.2 Å². The standard InChI is InChI=1S/C11H15ClN2O3/c1-7-6-16-9(4-12)5-14(7)11(15)10-3-8(2)17-13-10/h3,7,9H,4-6H2,1-2H3. The van der Waals surface area contributed by atoms with Gasteiger partial charge in [-0.15, -0.1) is 11.6 Å². The van der Waals surface area contributed by atoms with Gasteiger partial charge >= 0.3 is 0 Å². The highest BCUT2D eigenvalue weighted by atomic mass is 35.5. The van der Waals surface area contributed by atoms with Crippen molar-refractivity contribution >= 4 is 17.5 Å². The molecule has 1 fully saturated rings. The van der Waals surface area contributed by atoms with Crippen molar-refractivity contribution in [1.29, 1.82) is 0 Å². The fraction of sp³-hybridized carbons (Fsp3) is 0.636. The summed E-state index contributed by atoms with van der Waals surface area (Å²) in [6, 6.07) is 1.67. The van der Waals surface area contributed by atoms with Crippen molar-refractivity contribution in [2.24, 2.45) is 0 Å². The highest BCUT2D eigenvalue weighted by Crippen LogP contribution is 2.16. The molecule has 0 bridgehead atoms. The van der Waals surface area contributed by atoms with Gasteiger partial charge in [0.15, 0.2) is 5.69 Å². The normalized spacial score (nSPS) is 25.0. The topological polar surface area (TPSA) is 55.6 Å². The van der Waals surface area contributed by atoms with Crippen LogP contribution >= 0.6 is 11.6 Å². The number of carbonyl (C=O) groups excluding carboxylic acids is 1. The van der Waals surface area contributed by atoms with Gasteiger partial charge < -0.3 is 14.2 Å². The number of hydrogen-bond acceptors (Lipinski definition) is 4. The van der Waals surface area contributed by atoms with E-state index in [2.05, 4.69) is 5.16 Å². The third kappa shape index (κ3) is 2.61. The van der Waals surface area contributed by atoms with Crippen LogP contribution < -0.4 is 0 Å². The molecule has 2 heterocycles. The van der Waals surface area contributed by atoms with E-state index in [1.165, 1.54) is 0 Å². The molecule has 0 aliphatic carbocycles. The van der Waals surface area contributed by atoms with Crippen LogP contribution in [0.4, 0.5) is 0 Å². The van der Waals surface area contributed by atoms with Crippen molar-refractivity contribution in [3.63, 3.8) is 0 Å². The summed E-state index contributed by atoms with van der Waals surface area (Å²) in [6.07, 6.45) is -0.107. The number of ether oxygens (including phenoxy) is 1.